The predicted octanol–water partition coefficient (Wildman–Crippen LogP) is 8.70. The number of aliphatic hydroxyl groups is 2. The summed E-state index contributed by atoms with van der Waals surface area (Å²) in [4.78, 5) is 74.1. The summed E-state index contributed by atoms with van der Waals surface area (Å²) in [6.07, 6.45) is 15.5. The van der Waals surface area contributed by atoms with Gasteiger partial charge in [0, 0.05) is 56.2 Å². The number of rotatable bonds is 0. The Morgan fingerprint density at radius 1 is 0.514 bits per heavy atom. The van der Waals surface area contributed by atoms with Gasteiger partial charge in [-0.1, -0.05) is 48.0 Å². The van der Waals surface area contributed by atoms with E-state index in [9.17, 15) is 59.4 Å². The Balaban J connectivity index is 0.000000206. The number of carbonyl (C=O) groups is 6. The lowest BCUT2D eigenvalue weighted by molar-refractivity contribution is -0.114. The molecule has 16 nitrogen and oxygen atoms in total. The largest absolute Gasteiger partial charge is 0.508 e. The van der Waals surface area contributed by atoms with Crippen molar-refractivity contribution < 1.29 is 78.4 Å². The standard InChI is InChI=1S/C21H26O3.C18H19ClO6.C18H22O7/c1-14-12-15(2)20-19(17(14)4)13-18(22)11-9-7-5-6-8-10-16(3)24-21(20)23;1-9-6-15-14(25-15)5-3-2-4-10(20)7-11-16(18(23)24-9)12(21)8-13(22)17(11)19;1-10-6-15(22)14(21)5-3-2-4-12(19)7-11-8-13(20)9-16(23)17(11)18(24)25-10/h6,8-9,11-12,16H,5,7,10,13H2,1-4H3;2,4,8-9,14-15,21-22H,3,5-7H2,1H3;2,4,8-10,14-15,20-23H,3,5-7H2,1H3/b8-6+,11-9+;2*4-2+/t16-;9-,14-,15-;10-,14?,15?/m111/s1. The molecule has 0 bridgehead atoms. The van der Waals surface area contributed by atoms with E-state index in [1.54, 1.807) is 32.1 Å². The molecule has 398 valence electrons. The summed E-state index contributed by atoms with van der Waals surface area (Å²) >= 11 is 6.07. The number of aromatic hydroxyl groups is 4. The molecule has 4 aliphatic heterocycles. The number of halogens is 1. The maximum Gasteiger partial charge on any atom is 0.342 e. The van der Waals surface area contributed by atoms with Crippen LogP contribution in [0.5, 0.6) is 23.0 Å². The number of hydrogen-bond acceptors (Lipinski definition) is 16. The number of phenols is 4. The topological polar surface area (TPSA) is 264 Å². The van der Waals surface area contributed by atoms with E-state index in [2.05, 4.69) is 6.08 Å². The van der Waals surface area contributed by atoms with Crippen molar-refractivity contribution in [3.63, 3.8) is 0 Å². The monoisotopic (exact) mass is 1040 g/mol. The number of benzene rings is 3. The molecule has 1 saturated heterocycles. The minimum Gasteiger partial charge on any atom is -0.508 e. The minimum absolute atomic E-state index is 0.0197. The number of ketones is 3. The molecule has 17 heteroatoms. The summed E-state index contributed by atoms with van der Waals surface area (Å²) < 4.78 is 21.7. The average molecular weight is 1040 g/mol. The molecule has 6 N–H and O–H groups in total. The fraction of sp³-hybridized carbons (Fsp3) is 0.439. The molecule has 3 aromatic carbocycles. The fourth-order valence-corrected chi connectivity index (χ4v) is 9.02. The molecule has 7 atom stereocenters. The van der Waals surface area contributed by atoms with Crippen molar-refractivity contribution in [2.24, 2.45) is 0 Å². The second-order valence-electron chi connectivity index (χ2n) is 19.1. The van der Waals surface area contributed by atoms with Crippen LogP contribution in [-0.2, 0) is 52.6 Å². The Morgan fingerprint density at radius 3 is 1.73 bits per heavy atom. The normalized spacial score (nSPS) is 25.9. The summed E-state index contributed by atoms with van der Waals surface area (Å²) in [5.41, 5.74) is 4.12. The Kier molecular flexibility index (Phi) is 21.3. The van der Waals surface area contributed by atoms with Gasteiger partial charge in [-0.15, -0.1) is 0 Å². The van der Waals surface area contributed by atoms with E-state index in [0.717, 1.165) is 53.6 Å². The highest BCUT2D eigenvalue weighted by atomic mass is 35.5. The van der Waals surface area contributed by atoms with Crippen LogP contribution < -0.4 is 0 Å². The first-order chi connectivity index (χ1) is 35.0. The molecule has 4 heterocycles. The van der Waals surface area contributed by atoms with Gasteiger partial charge in [0.05, 0.1) is 35.0 Å². The lowest BCUT2D eigenvalue weighted by Crippen LogP contribution is -2.31. The number of aliphatic hydroxyl groups excluding tert-OH is 2. The number of cyclic esters (lactones) is 3. The van der Waals surface area contributed by atoms with Gasteiger partial charge in [0.1, 0.15) is 52.4 Å². The molecule has 0 spiro atoms. The van der Waals surface area contributed by atoms with Crippen LogP contribution in [0.3, 0.4) is 0 Å². The Hall–Kier alpha value is -6.59. The van der Waals surface area contributed by atoms with Crippen molar-refractivity contribution >= 4 is 46.9 Å². The SMILES string of the molecule is C[C@@H]1CC(O)C(O)CC/C=C/C(=O)Cc2cc(O)cc(O)c2C(=O)O1.C[C@@H]1C[C@H]2O[C@@H]2CC/C=C/C(=O)Cc2c(Cl)c(O)cc(O)c2C(=O)O1.Cc1cc(C)c2c(c1C)CC(=O)/C=C/CC/C=C/C[C@@H](C)OC2=O. The molecule has 7 rings (SSSR count). The van der Waals surface area contributed by atoms with E-state index in [4.69, 9.17) is 30.5 Å². The van der Waals surface area contributed by atoms with E-state index >= 15 is 0 Å². The summed E-state index contributed by atoms with van der Waals surface area (Å²) in [5.74, 6) is -4.22. The van der Waals surface area contributed by atoms with E-state index in [0.29, 0.717) is 31.2 Å². The third-order valence-corrected chi connectivity index (χ3v) is 13.3. The molecule has 3 aromatic rings. The smallest absolute Gasteiger partial charge is 0.342 e. The molecule has 0 saturated carbocycles. The summed E-state index contributed by atoms with van der Waals surface area (Å²) in [6, 6.07) is 5.18. The second kappa shape index (κ2) is 27.1. The first-order valence-corrected chi connectivity index (χ1v) is 25.2. The molecular formula is C57H67ClO16. The van der Waals surface area contributed by atoms with Gasteiger partial charge in [-0.3, -0.25) is 14.4 Å². The molecule has 0 aliphatic carbocycles. The van der Waals surface area contributed by atoms with Gasteiger partial charge in [-0.05, 0) is 132 Å². The highest BCUT2D eigenvalue weighted by Crippen LogP contribution is 2.38. The highest BCUT2D eigenvalue weighted by molar-refractivity contribution is 6.33. The summed E-state index contributed by atoms with van der Waals surface area (Å²) in [6.45, 7) is 11.1. The van der Waals surface area contributed by atoms with Gasteiger partial charge >= 0.3 is 17.9 Å². The molecule has 0 amide bonds. The quantitative estimate of drug-likeness (QED) is 0.0532. The van der Waals surface area contributed by atoms with Crippen LogP contribution in [0.25, 0.3) is 0 Å². The Morgan fingerprint density at radius 2 is 1.05 bits per heavy atom. The van der Waals surface area contributed by atoms with E-state index < -0.39 is 53.6 Å². The summed E-state index contributed by atoms with van der Waals surface area (Å²) in [7, 11) is 0. The van der Waals surface area contributed by atoms with E-state index in [-0.39, 0.29) is 107 Å². The van der Waals surface area contributed by atoms with Crippen molar-refractivity contribution in [1.82, 2.24) is 0 Å². The van der Waals surface area contributed by atoms with Crippen LogP contribution in [-0.4, -0.2) is 109 Å². The van der Waals surface area contributed by atoms with Gasteiger partial charge < -0.3 is 49.6 Å². The van der Waals surface area contributed by atoms with Crippen LogP contribution in [0.4, 0.5) is 0 Å². The van der Waals surface area contributed by atoms with Gasteiger partial charge in [0.15, 0.2) is 17.3 Å². The maximum atomic E-state index is 12.7. The maximum absolute atomic E-state index is 12.7. The number of aryl methyl sites for hydroxylation is 2. The highest BCUT2D eigenvalue weighted by Gasteiger charge is 2.40. The second-order valence-corrected chi connectivity index (χ2v) is 19.5. The van der Waals surface area contributed by atoms with Gasteiger partial charge in [-0.25, -0.2) is 14.4 Å². The van der Waals surface area contributed by atoms with Gasteiger partial charge in [-0.2, -0.15) is 0 Å². The minimum atomic E-state index is -1.08. The van der Waals surface area contributed by atoms with Crippen molar-refractivity contribution in [2.75, 3.05) is 0 Å². The third kappa shape index (κ3) is 16.7. The lowest BCUT2D eigenvalue weighted by atomic mass is 9.90. The van der Waals surface area contributed by atoms with Gasteiger partial charge in [0.2, 0.25) is 0 Å². The van der Waals surface area contributed by atoms with E-state index in [1.165, 1.54) is 18.2 Å². The van der Waals surface area contributed by atoms with Crippen molar-refractivity contribution in [3.8, 4) is 23.0 Å². The third-order valence-electron chi connectivity index (χ3n) is 12.8. The van der Waals surface area contributed by atoms with Crippen LogP contribution in [0.1, 0.15) is 143 Å². The Bertz CT molecular complexity index is 2700. The first-order valence-electron chi connectivity index (χ1n) is 24.8. The zero-order chi connectivity index (χ0) is 54.4. The van der Waals surface area contributed by atoms with Crippen LogP contribution >= 0.6 is 11.6 Å². The van der Waals surface area contributed by atoms with Crippen molar-refractivity contribution in [3.05, 3.63) is 128 Å². The Labute approximate surface area is 436 Å². The molecule has 1 fully saturated rings. The zero-order valence-corrected chi connectivity index (χ0v) is 43.4. The van der Waals surface area contributed by atoms with Crippen molar-refractivity contribution in [2.45, 2.75) is 161 Å². The number of allylic oxidation sites excluding steroid dienone is 7. The zero-order valence-electron chi connectivity index (χ0n) is 42.6. The average Bonchev–Trinajstić information content (AvgIpc) is 4.05. The number of esters is 3. The van der Waals surface area contributed by atoms with Crippen LogP contribution in [0.15, 0.2) is 72.9 Å². The molecule has 2 unspecified atom stereocenters. The number of ether oxygens (including phenoxy) is 4. The molecule has 74 heavy (non-hydrogen) atoms. The van der Waals surface area contributed by atoms with Crippen LogP contribution in [0.2, 0.25) is 5.02 Å². The number of carbonyl (C=O) groups excluding carboxylic acids is 6. The van der Waals surface area contributed by atoms with E-state index in [1.807, 2.05) is 45.9 Å². The fourth-order valence-electron chi connectivity index (χ4n) is 8.81. The van der Waals surface area contributed by atoms with Crippen molar-refractivity contribution in [1.29, 1.82) is 0 Å². The van der Waals surface area contributed by atoms with Crippen LogP contribution in [0, 0.1) is 20.8 Å². The molecule has 0 aromatic heterocycles. The lowest BCUT2D eigenvalue weighted by Gasteiger charge is -2.22. The number of epoxide rings is 1. The number of fused-ring (bicyclic) bond motifs is 4. The number of phenolic OH excluding ortho intramolecular Hbond substituents is 4. The molecule has 0 radical (unpaired) electrons. The first kappa shape index (κ1) is 58.3. The predicted molar refractivity (Wildman–Crippen MR) is 275 cm³/mol. The van der Waals surface area contributed by atoms with Gasteiger partial charge in [0.25, 0.3) is 0 Å². The molecular weight excluding hydrogens is 976 g/mol. The number of hydrogen-bond donors (Lipinski definition) is 6. The molecule has 4 aliphatic rings. The summed E-state index contributed by atoms with van der Waals surface area (Å²) in [5, 5.41) is 59.2.